The average Bonchev–Trinajstić information content (AvgIpc) is 2.97. The van der Waals surface area contributed by atoms with Gasteiger partial charge in [0.25, 0.3) is 5.71 Å². The van der Waals surface area contributed by atoms with E-state index < -0.39 is 0 Å². The molecule has 0 saturated carbocycles. The van der Waals surface area contributed by atoms with Crippen LogP contribution >= 0.6 is 0 Å². The van der Waals surface area contributed by atoms with Crippen molar-refractivity contribution >= 4 is 16.9 Å². The molecule has 0 unspecified atom stereocenters. The second-order valence-electron chi connectivity index (χ2n) is 5.72. The lowest BCUT2D eigenvalue weighted by molar-refractivity contribution is 0.281. The van der Waals surface area contributed by atoms with Gasteiger partial charge in [0.2, 0.25) is 0 Å². The second kappa shape index (κ2) is 5.99. The Morgan fingerprint density at radius 3 is 3.04 bits per heavy atom. The van der Waals surface area contributed by atoms with E-state index in [1.807, 2.05) is 19.1 Å². The number of hydrogen-bond acceptors (Lipinski definition) is 7. The van der Waals surface area contributed by atoms with Crippen LogP contribution in [0.1, 0.15) is 17.7 Å². The third kappa shape index (κ3) is 2.42. The van der Waals surface area contributed by atoms with Crippen LogP contribution in [0.4, 0.5) is 5.82 Å². The molecule has 7 heteroatoms. The van der Waals surface area contributed by atoms with Crippen molar-refractivity contribution in [2.24, 2.45) is 0 Å². The number of nitrogens with zero attached hydrogens (tertiary/aromatic N) is 4. The molecule has 24 heavy (non-hydrogen) atoms. The minimum Gasteiger partial charge on any atom is -0.493 e. The second-order valence-corrected chi connectivity index (χ2v) is 5.72. The molecule has 4 rings (SSSR count). The zero-order chi connectivity index (χ0) is 16.5. The lowest BCUT2D eigenvalue weighted by atomic mass is 10.1. The number of aromatic nitrogens is 3. The van der Waals surface area contributed by atoms with Crippen LogP contribution in [0.3, 0.4) is 0 Å². The highest BCUT2D eigenvalue weighted by Crippen LogP contribution is 2.35. The fourth-order valence-electron chi connectivity index (χ4n) is 3.05. The number of rotatable bonds is 2. The largest absolute Gasteiger partial charge is 0.493 e. The lowest BCUT2D eigenvalue weighted by Crippen LogP contribution is -2.28. The molecule has 0 aliphatic carbocycles. The van der Waals surface area contributed by atoms with Gasteiger partial charge in [-0.2, -0.15) is 4.98 Å². The van der Waals surface area contributed by atoms with Gasteiger partial charge in [-0.25, -0.2) is 4.98 Å². The van der Waals surface area contributed by atoms with Crippen molar-refractivity contribution in [3.63, 3.8) is 0 Å². The molecule has 0 amide bonds. The number of ether oxygens (including phenoxy) is 2. The van der Waals surface area contributed by atoms with E-state index >= 15 is 0 Å². The number of aryl methyl sites for hydroxylation is 1. The first-order chi connectivity index (χ1) is 11.8. The zero-order valence-electron chi connectivity index (χ0n) is 13.7. The van der Waals surface area contributed by atoms with Crippen molar-refractivity contribution in [3.8, 4) is 11.5 Å². The van der Waals surface area contributed by atoms with Gasteiger partial charge in [0.15, 0.2) is 11.5 Å². The zero-order valence-corrected chi connectivity index (χ0v) is 13.7. The van der Waals surface area contributed by atoms with Crippen molar-refractivity contribution in [1.29, 1.82) is 0 Å². The molecule has 0 saturated heterocycles. The minimum atomic E-state index is 0.515. The molecule has 1 aromatic carbocycles. The first-order valence-corrected chi connectivity index (χ1v) is 7.88. The van der Waals surface area contributed by atoms with E-state index in [-0.39, 0.29) is 0 Å². The Morgan fingerprint density at radius 2 is 2.17 bits per heavy atom. The van der Waals surface area contributed by atoms with Crippen LogP contribution in [0.25, 0.3) is 11.1 Å². The van der Waals surface area contributed by atoms with Gasteiger partial charge in [0, 0.05) is 18.7 Å². The summed E-state index contributed by atoms with van der Waals surface area (Å²) in [7, 11) is 1.66. The molecular formula is C17H18N4O3. The third-order valence-electron chi connectivity index (χ3n) is 4.18. The summed E-state index contributed by atoms with van der Waals surface area (Å²) in [6.45, 7) is 4.03. The van der Waals surface area contributed by atoms with E-state index in [0.29, 0.717) is 18.9 Å². The summed E-state index contributed by atoms with van der Waals surface area (Å²) in [5.74, 6) is 2.40. The molecular weight excluding hydrogens is 308 g/mol. The summed E-state index contributed by atoms with van der Waals surface area (Å²) in [5.41, 5.74) is 2.38. The van der Waals surface area contributed by atoms with Gasteiger partial charge in [0.05, 0.1) is 19.4 Å². The molecule has 2 aromatic heterocycles. The summed E-state index contributed by atoms with van der Waals surface area (Å²) >= 11 is 0. The Morgan fingerprint density at radius 1 is 1.25 bits per heavy atom. The number of fused-ring (bicyclic) bond motifs is 2. The maximum atomic E-state index is 5.92. The van der Waals surface area contributed by atoms with E-state index in [2.05, 4.69) is 26.1 Å². The van der Waals surface area contributed by atoms with Crippen LogP contribution in [0.15, 0.2) is 29.0 Å². The molecule has 0 fully saturated rings. The van der Waals surface area contributed by atoms with E-state index in [9.17, 15) is 0 Å². The molecule has 1 aliphatic heterocycles. The topological polar surface area (TPSA) is 73.5 Å². The molecule has 124 valence electrons. The van der Waals surface area contributed by atoms with Crippen LogP contribution in [-0.4, -0.2) is 35.4 Å². The van der Waals surface area contributed by atoms with Crippen LogP contribution in [0.5, 0.6) is 11.5 Å². The number of benzene rings is 1. The van der Waals surface area contributed by atoms with Gasteiger partial charge in [-0.05, 0) is 19.4 Å². The van der Waals surface area contributed by atoms with Gasteiger partial charge >= 0.3 is 0 Å². The van der Waals surface area contributed by atoms with Gasteiger partial charge in [-0.15, -0.1) is 0 Å². The van der Waals surface area contributed by atoms with Crippen molar-refractivity contribution in [1.82, 2.24) is 15.1 Å². The average molecular weight is 326 g/mol. The normalized spacial score (nSPS) is 14.7. The Balaban J connectivity index is 1.79. The summed E-state index contributed by atoms with van der Waals surface area (Å²) < 4.78 is 16.6. The predicted octanol–water partition coefficient (Wildman–Crippen LogP) is 2.72. The number of anilines is 1. The fourth-order valence-corrected chi connectivity index (χ4v) is 3.05. The van der Waals surface area contributed by atoms with E-state index in [4.69, 9.17) is 14.0 Å². The highest BCUT2D eigenvalue weighted by molar-refractivity contribution is 5.87. The quantitative estimate of drug-likeness (QED) is 0.717. The van der Waals surface area contributed by atoms with Gasteiger partial charge in [0.1, 0.15) is 17.5 Å². The van der Waals surface area contributed by atoms with Gasteiger partial charge in [-0.1, -0.05) is 17.3 Å². The fraction of sp³-hybridized carbons (Fsp3) is 0.353. The third-order valence-corrected chi connectivity index (χ3v) is 4.18. The Hall–Kier alpha value is -2.83. The number of methoxy groups -OCH3 is 1. The van der Waals surface area contributed by atoms with E-state index in [1.54, 1.807) is 7.11 Å². The number of para-hydroxylation sites is 1. The standard InChI is InChI=1S/C17H18N4O3/c1-11-14-16(18-10-19-17(14)24-20-11)21-7-4-8-23-15-12(9-21)5-3-6-13(15)22-2/h3,5-6,10H,4,7-9H2,1-2H3. The monoisotopic (exact) mass is 326 g/mol. The van der Waals surface area contributed by atoms with Gasteiger partial charge < -0.3 is 18.9 Å². The van der Waals surface area contributed by atoms with Crippen molar-refractivity contribution in [3.05, 3.63) is 35.8 Å². The summed E-state index contributed by atoms with van der Waals surface area (Å²) in [5, 5.41) is 4.88. The maximum absolute atomic E-state index is 5.92. The molecule has 3 aromatic rings. The molecule has 0 spiro atoms. The predicted molar refractivity (Wildman–Crippen MR) is 88.5 cm³/mol. The van der Waals surface area contributed by atoms with Crippen molar-refractivity contribution < 1.29 is 14.0 Å². The van der Waals surface area contributed by atoms with E-state index in [0.717, 1.165) is 46.9 Å². The highest BCUT2D eigenvalue weighted by atomic mass is 16.5. The van der Waals surface area contributed by atoms with Crippen molar-refractivity contribution in [2.45, 2.75) is 19.9 Å². The summed E-state index contributed by atoms with van der Waals surface area (Å²) in [4.78, 5) is 10.9. The van der Waals surface area contributed by atoms with Gasteiger partial charge in [-0.3, -0.25) is 0 Å². The molecule has 0 N–H and O–H groups in total. The van der Waals surface area contributed by atoms with Crippen LogP contribution < -0.4 is 14.4 Å². The molecule has 0 bridgehead atoms. The van der Waals surface area contributed by atoms with Crippen LogP contribution in [-0.2, 0) is 6.54 Å². The van der Waals surface area contributed by atoms with Crippen molar-refractivity contribution in [2.75, 3.05) is 25.2 Å². The van der Waals surface area contributed by atoms with E-state index in [1.165, 1.54) is 6.33 Å². The first kappa shape index (κ1) is 14.7. The SMILES string of the molecule is COc1cccc2c1OCCCN(c1ncnc3onc(C)c13)C2. The first-order valence-electron chi connectivity index (χ1n) is 7.88. The Kier molecular flexibility index (Phi) is 3.68. The minimum absolute atomic E-state index is 0.515. The smallest absolute Gasteiger partial charge is 0.263 e. The molecule has 1 aliphatic rings. The molecule has 0 atom stereocenters. The molecule has 3 heterocycles. The highest BCUT2D eigenvalue weighted by Gasteiger charge is 2.22. The summed E-state index contributed by atoms with van der Waals surface area (Å²) in [6, 6.07) is 5.94. The lowest BCUT2D eigenvalue weighted by Gasteiger charge is -2.28. The molecule has 7 nitrogen and oxygen atoms in total. The summed E-state index contributed by atoms with van der Waals surface area (Å²) in [6.07, 6.45) is 2.40. The number of hydrogen-bond donors (Lipinski definition) is 0. The van der Waals surface area contributed by atoms with Crippen LogP contribution in [0.2, 0.25) is 0 Å². The maximum Gasteiger partial charge on any atom is 0.263 e. The Bertz CT molecular complexity index is 877. The Labute approximate surface area is 139 Å². The van der Waals surface area contributed by atoms with Crippen LogP contribution in [0, 0.1) is 6.92 Å². The molecule has 0 radical (unpaired) electrons.